The third kappa shape index (κ3) is 7.48. The van der Waals surface area contributed by atoms with E-state index in [2.05, 4.69) is 26.2 Å². The summed E-state index contributed by atoms with van der Waals surface area (Å²) >= 11 is 0. The van der Waals surface area contributed by atoms with E-state index in [1.807, 2.05) is 35.2 Å². The summed E-state index contributed by atoms with van der Waals surface area (Å²) in [7, 11) is 1.49. The molecule has 1 fully saturated rings. The van der Waals surface area contributed by atoms with Crippen molar-refractivity contribution in [2.24, 2.45) is 0 Å². The predicted molar refractivity (Wildman–Crippen MR) is 142 cm³/mol. The molecule has 0 bridgehead atoms. The molecule has 1 saturated heterocycles. The largest absolute Gasteiger partial charge is 0.496 e. The van der Waals surface area contributed by atoms with E-state index in [0.29, 0.717) is 42.0 Å². The van der Waals surface area contributed by atoms with Gasteiger partial charge in [0.15, 0.2) is 0 Å². The van der Waals surface area contributed by atoms with Gasteiger partial charge in [-0.05, 0) is 40.6 Å². The third-order valence-corrected chi connectivity index (χ3v) is 6.69. The molecule has 2 aromatic carbocycles. The number of halogens is 4. The SMILES string of the molecule is COc1ccc(-n2nnnc2C(F)(F)F)cc1CN[C@H]1CCN(C(=O)CCNC(C)=O)C[C@H]1c1ccccc1.Cl. The van der Waals surface area contributed by atoms with Crippen molar-refractivity contribution >= 4 is 24.2 Å². The second kappa shape index (κ2) is 13.6. The molecule has 1 aliphatic heterocycles. The molecule has 0 aliphatic carbocycles. The molecule has 2 heterocycles. The van der Waals surface area contributed by atoms with Gasteiger partial charge in [-0.15, -0.1) is 17.5 Å². The minimum atomic E-state index is -4.71. The lowest BCUT2D eigenvalue weighted by atomic mass is 9.85. The first-order chi connectivity index (χ1) is 18.7. The number of ether oxygens (including phenoxy) is 1. The number of alkyl halides is 3. The van der Waals surface area contributed by atoms with Crippen molar-refractivity contribution < 1.29 is 27.5 Å². The van der Waals surface area contributed by atoms with Crippen LogP contribution in [0.15, 0.2) is 48.5 Å². The van der Waals surface area contributed by atoms with Gasteiger partial charge in [0.05, 0.1) is 12.8 Å². The van der Waals surface area contributed by atoms with Crippen molar-refractivity contribution in [3.63, 3.8) is 0 Å². The predicted octanol–water partition coefficient (Wildman–Crippen LogP) is 3.11. The molecule has 4 rings (SSSR count). The number of piperidine rings is 1. The van der Waals surface area contributed by atoms with Crippen LogP contribution in [-0.4, -0.2) is 69.7 Å². The van der Waals surface area contributed by atoms with Gasteiger partial charge < -0.3 is 20.3 Å². The van der Waals surface area contributed by atoms with E-state index in [1.165, 1.54) is 20.1 Å². The molecular weight excluding hydrogens is 551 g/mol. The summed E-state index contributed by atoms with van der Waals surface area (Å²) in [5, 5.41) is 16.0. The fourth-order valence-corrected chi connectivity index (χ4v) is 4.78. The van der Waals surface area contributed by atoms with Crippen molar-refractivity contribution in [1.82, 2.24) is 35.7 Å². The van der Waals surface area contributed by atoms with Crippen LogP contribution in [0.2, 0.25) is 0 Å². The van der Waals surface area contributed by atoms with Crippen LogP contribution >= 0.6 is 12.4 Å². The minimum absolute atomic E-state index is 0. The fourth-order valence-electron chi connectivity index (χ4n) is 4.78. The normalized spacial score (nSPS) is 17.2. The van der Waals surface area contributed by atoms with Crippen molar-refractivity contribution in [3.8, 4) is 11.4 Å². The van der Waals surface area contributed by atoms with Crippen LogP contribution in [0.4, 0.5) is 13.2 Å². The molecule has 0 spiro atoms. The lowest BCUT2D eigenvalue weighted by molar-refractivity contribution is -0.146. The lowest BCUT2D eigenvalue weighted by Gasteiger charge is -2.39. The average Bonchev–Trinajstić information content (AvgIpc) is 3.43. The number of nitrogens with one attached hydrogen (secondary N) is 2. The number of amides is 2. The fraction of sp³-hybridized carbons (Fsp3) is 0.423. The Morgan fingerprint density at radius 2 is 1.90 bits per heavy atom. The Hall–Kier alpha value is -3.71. The average molecular weight is 582 g/mol. The highest BCUT2D eigenvalue weighted by atomic mass is 35.5. The van der Waals surface area contributed by atoms with E-state index in [4.69, 9.17) is 4.74 Å². The van der Waals surface area contributed by atoms with Crippen LogP contribution < -0.4 is 15.4 Å². The van der Waals surface area contributed by atoms with Crippen LogP contribution in [0.5, 0.6) is 5.75 Å². The summed E-state index contributed by atoms with van der Waals surface area (Å²) in [5.41, 5.74) is 1.86. The van der Waals surface area contributed by atoms with Gasteiger partial charge in [0.2, 0.25) is 11.8 Å². The zero-order valence-electron chi connectivity index (χ0n) is 22.0. The molecular formula is C26H31ClF3N7O3. The van der Waals surface area contributed by atoms with E-state index in [9.17, 15) is 22.8 Å². The zero-order valence-corrected chi connectivity index (χ0v) is 22.8. The number of methoxy groups -OCH3 is 1. The second-order valence-corrected chi connectivity index (χ2v) is 9.27. The van der Waals surface area contributed by atoms with Crippen LogP contribution in [-0.2, 0) is 22.3 Å². The molecule has 2 amide bonds. The quantitative estimate of drug-likeness (QED) is 0.399. The number of likely N-dealkylation sites (tertiary alicyclic amines) is 1. The Morgan fingerprint density at radius 3 is 2.58 bits per heavy atom. The van der Waals surface area contributed by atoms with Crippen molar-refractivity contribution in [1.29, 1.82) is 0 Å². The molecule has 1 aliphatic rings. The van der Waals surface area contributed by atoms with E-state index in [0.717, 1.165) is 5.56 Å². The smallest absolute Gasteiger partial charge is 0.453 e. The molecule has 14 heteroatoms. The second-order valence-electron chi connectivity index (χ2n) is 9.27. The maximum atomic E-state index is 13.4. The van der Waals surface area contributed by atoms with Gasteiger partial charge >= 0.3 is 6.18 Å². The first-order valence-electron chi connectivity index (χ1n) is 12.5. The number of hydrogen-bond acceptors (Lipinski definition) is 7. The van der Waals surface area contributed by atoms with E-state index in [1.54, 1.807) is 12.1 Å². The zero-order chi connectivity index (χ0) is 28.0. The molecule has 2 atom stereocenters. The molecule has 0 saturated carbocycles. The summed E-state index contributed by atoms with van der Waals surface area (Å²) in [6.45, 7) is 3.05. The summed E-state index contributed by atoms with van der Waals surface area (Å²) in [4.78, 5) is 25.8. The number of hydrogen-bond donors (Lipinski definition) is 2. The van der Waals surface area contributed by atoms with E-state index >= 15 is 0 Å². The minimum Gasteiger partial charge on any atom is -0.496 e. The Bertz CT molecular complexity index is 1290. The molecule has 3 aromatic rings. The Labute approximate surface area is 235 Å². The van der Waals surface area contributed by atoms with E-state index < -0.39 is 12.0 Å². The lowest BCUT2D eigenvalue weighted by Crippen LogP contribution is -2.50. The number of benzene rings is 2. The van der Waals surface area contributed by atoms with Gasteiger partial charge in [-0.1, -0.05) is 30.3 Å². The van der Waals surface area contributed by atoms with Crippen molar-refractivity contribution in [2.45, 2.75) is 44.4 Å². The maximum Gasteiger partial charge on any atom is 0.453 e. The van der Waals surface area contributed by atoms with Crippen molar-refractivity contribution in [2.75, 3.05) is 26.7 Å². The van der Waals surface area contributed by atoms with Crippen LogP contribution in [0, 0.1) is 0 Å². The van der Waals surface area contributed by atoms with Gasteiger partial charge in [-0.25, -0.2) is 0 Å². The highest BCUT2D eigenvalue weighted by Crippen LogP contribution is 2.31. The molecule has 2 N–H and O–H groups in total. The van der Waals surface area contributed by atoms with Gasteiger partial charge in [0, 0.05) is 57.0 Å². The monoisotopic (exact) mass is 581 g/mol. The Morgan fingerprint density at radius 1 is 1.15 bits per heavy atom. The molecule has 0 unspecified atom stereocenters. The standard InChI is InChI=1S/C26H30F3N7O3.ClH/c1-17(37)30-12-10-24(38)35-13-11-22(21(16-35)18-6-4-3-5-7-18)31-15-19-14-20(8-9-23(19)39-2)36-25(26(27,28)29)32-33-34-36;/h3-9,14,21-22,31H,10-13,15-16H2,1-2H3,(H,30,37);1H/t21-,22-;/m0./s1. The van der Waals surface area contributed by atoms with Crippen LogP contribution in [0.25, 0.3) is 5.69 Å². The van der Waals surface area contributed by atoms with Gasteiger partial charge in [0.1, 0.15) is 5.75 Å². The number of tetrazole rings is 1. The molecule has 1 aromatic heterocycles. The number of rotatable bonds is 9. The molecule has 40 heavy (non-hydrogen) atoms. The van der Waals surface area contributed by atoms with Gasteiger partial charge in [-0.2, -0.15) is 17.9 Å². The van der Waals surface area contributed by atoms with Crippen molar-refractivity contribution in [3.05, 3.63) is 65.5 Å². The summed E-state index contributed by atoms with van der Waals surface area (Å²) in [6, 6.07) is 14.4. The van der Waals surface area contributed by atoms with E-state index in [-0.39, 0.29) is 54.8 Å². The number of nitrogens with zero attached hydrogens (tertiary/aromatic N) is 5. The summed E-state index contributed by atoms with van der Waals surface area (Å²) < 4.78 is 46.2. The summed E-state index contributed by atoms with van der Waals surface area (Å²) in [5.74, 6) is -0.933. The number of carbonyl (C=O) groups is 2. The first kappa shape index (κ1) is 30.8. The Kier molecular flexibility index (Phi) is 10.5. The number of aromatic nitrogens is 4. The van der Waals surface area contributed by atoms with Crippen LogP contribution in [0.3, 0.4) is 0 Å². The first-order valence-corrected chi connectivity index (χ1v) is 12.5. The summed E-state index contributed by atoms with van der Waals surface area (Å²) in [6.07, 6.45) is -3.82. The number of carbonyl (C=O) groups excluding carboxylic acids is 2. The topological polar surface area (TPSA) is 114 Å². The van der Waals surface area contributed by atoms with Crippen LogP contribution in [0.1, 0.15) is 42.6 Å². The maximum absolute atomic E-state index is 13.4. The third-order valence-electron chi connectivity index (χ3n) is 6.69. The molecule has 10 nitrogen and oxygen atoms in total. The molecule has 0 radical (unpaired) electrons. The Balaban J connectivity index is 0.00000441. The highest BCUT2D eigenvalue weighted by molar-refractivity contribution is 5.85. The highest BCUT2D eigenvalue weighted by Gasteiger charge is 2.38. The van der Waals surface area contributed by atoms with Gasteiger partial charge in [-0.3, -0.25) is 9.59 Å². The molecule has 216 valence electrons. The van der Waals surface area contributed by atoms with Gasteiger partial charge in [0.25, 0.3) is 5.82 Å².